The molecule has 0 aliphatic carbocycles. The number of rotatable bonds is 4. The van der Waals surface area contributed by atoms with Crippen molar-refractivity contribution in [2.45, 2.75) is 19.4 Å². The summed E-state index contributed by atoms with van der Waals surface area (Å²) in [6.45, 7) is 1.98. The Hall–Kier alpha value is -1.13. The minimum atomic E-state index is -0.421. The van der Waals surface area contributed by atoms with Gasteiger partial charge >= 0.3 is 0 Å². The van der Waals surface area contributed by atoms with E-state index < -0.39 is 5.82 Å². The monoisotopic (exact) mass is 312 g/mol. The molecule has 0 radical (unpaired) electrons. The van der Waals surface area contributed by atoms with Crippen molar-refractivity contribution in [3.05, 3.63) is 69.0 Å². The highest BCUT2D eigenvalue weighted by molar-refractivity contribution is 6.31. The van der Waals surface area contributed by atoms with Crippen molar-refractivity contribution in [3.8, 4) is 0 Å². The predicted octanol–water partition coefficient (Wildman–Crippen LogP) is 4.19. The average molecular weight is 313 g/mol. The first-order valence-corrected chi connectivity index (χ1v) is 6.93. The summed E-state index contributed by atoms with van der Waals surface area (Å²) in [5.74, 6) is 5.22. The largest absolute Gasteiger partial charge is 0.271 e. The molecule has 0 bridgehead atoms. The number of hydrazine groups is 1. The van der Waals surface area contributed by atoms with Gasteiger partial charge in [0.15, 0.2) is 0 Å². The Labute approximate surface area is 127 Å². The van der Waals surface area contributed by atoms with Gasteiger partial charge in [0.25, 0.3) is 0 Å². The van der Waals surface area contributed by atoms with Crippen LogP contribution in [0.3, 0.4) is 0 Å². The van der Waals surface area contributed by atoms with Gasteiger partial charge in [-0.15, -0.1) is 0 Å². The van der Waals surface area contributed by atoms with Crippen LogP contribution in [0.1, 0.15) is 22.7 Å². The van der Waals surface area contributed by atoms with E-state index in [1.54, 1.807) is 12.1 Å². The van der Waals surface area contributed by atoms with Gasteiger partial charge in [-0.25, -0.2) is 4.39 Å². The standard InChI is InChI=1S/C15H15Cl2FN2/c1-9-6-11(16)3-4-12(9)15(20-19)8-10-2-5-14(18)13(17)7-10/h2-7,15,20H,8,19H2,1H3. The Morgan fingerprint density at radius 1 is 1.20 bits per heavy atom. The Balaban J connectivity index is 2.26. The predicted molar refractivity (Wildman–Crippen MR) is 81.4 cm³/mol. The number of nitrogens with two attached hydrogens (primary N) is 1. The highest BCUT2D eigenvalue weighted by atomic mass is 35.5. The average Bonchev–Trinajstić information content (AvgIpc) is 2.41. The molecule has 1 unspecified atom stereocenters. The fraction of sp³-hybridized carbons (Fsp3) is 0.200. The second kappa shape index (κ2) is 6.55. The topological polar surface area (TPSA) is 38.0 Å². The molecule has 2 aromatic carbocycles. The van der Waals surface area contributed by atoms with Gasteiger partial charge in [0, 0.05) is 5.02 Å². The van der Waals surface area contributed by atoms with Gasteiger partial charge in [0.2, 0.25) is 0 Å². The lowest BCUT2D eigenvalue weighted by molar-refractivity contribution is 0.548. The van der Waals surface area contributed by atoms with Crippen LogP contribution in [0, 0.1) is 12.7 Å². The van der Waals surface area contributed by atoms with Gasteiger partial charge in [0.05, 0.1) is 11.1 Å². The van der Waals surface area contributed by atoms with Crippen molar-refractivity contribution in [1.29, 1.82) is 0 Å². The van der Waals surface area contributed by atoms with E-state index in [0.717, 1.165) is 16.7 Å². The first-order valence-electron chi connectivity index (χ1n) is 6.17. The van der Waals surface area contributed by atoms with Gasteiger partial charge in [-0.05, 0) is 54.3 Å². The molecule has 3 N–H and O–H groups in total. The van der Waals surface area contributed by atoms with E-state index in [9.17, 15) is 4.39 Å². The number of aryl methyl sites for hydroxylation is 1. The number of hydrogen-bond acceptors (Lipinski definition) is 2. The number of benzene rings is 2. The Morgan fingerprint density at radius 2 is 1.95 bits per heavy atom. The zero-order chi connectivity index (χ0) is 14.7. The van der Waals surface area contributed by atoms with Crippen molar-refractivity contribution in [2.75, 3.05) is 0 Å². The zero-order valence-corrected chi connectivity index (χ0v) is 12.5. The van der Waals surface area contributed by atoms with Crippen molar-refractivity contribution in [1.82, 2.24) is 5.43 Å². The van der Waals surface area contributed by atoms with Crippen LogP contribution >= 0.6 is 23.2 Å². The van der Waals surface area contributed by atoms with Crippen molar-refractivity contribution in [3.63, 3.8) is 0 Å². The lowest BCUT2D eigenvalue weighted by atomic mass is 9.96. The van der Waals surface area contributed by atoms with E-state index in [2.05, 4.69) is 5.43 Å². The minimum Gasteiger partial charge on any atom is -0.271 e. The molecule has 0 amide bonds. The highest BCUT2D eigenvalue weighted by Gasteiger charge is 2.14. The number of nitrogens with one attached hydrogen (secondary N) is 1. The van der Waals surface area contributed by atoms with E-state index in [-0.39, 0.29) is 11.1 Å². The molecule has 106 valence electrons. The maximum absolute atomic E-state index is 13.2. The number of halogens is 3. The summed E-state index contributed by atoms with van der Waals surface area (Å²) in [6.07, 6.45) is 0.610. The molecule has 0 heterocycles. The van der Waals surface area contributed by atoms with Crippen LogP contribution in [0.2, 0.25) is 10.0 Å². The Bertz CT molecular complexity index is 617. The maximum atomic E-state index is 13.2. The fourth-order valence-corrected chi connectivity index (χ4v) is 2.62. The molecule has 0 aliphatic heterocycles. The van der Waals surface area contributed by atoms with Gasteiger partial charge < -0.3 is 0 Å². The van der Waals surface area contributed by atoms with Crippen LogP contribution < -0.4 is 11.3 Å². The van der Waals surface area contributed by atoms with E-state index >= 15 is 0 Å². The summed E-state index contributed by atoms with van der Waals surface area (Å²) in [7, 11) is 0. The molecule has 5 heteroatoms. The zero-order valence-electron chi connectivity index (χ0n) is 11.0. The SMILES string of the molecule is Cc1cc(Cl)ccc1C(Cc1ccc(F)c(Cl)c1)NN. The van der Waals surface area contributed by atoms with Crippen LogP contribution in [-0.2, 0) is 6.42 Å². The molecule has 0 aliphatic rings. The van der Waals surface area contributed by atoms with Crippen LogP contribution in [0.15, 0.2) is 36.4 Å². The third-order valence-corrected chi connectivity index (χ3v) is 3.76. The molecule has 0 fully saturated rings. The minimum absolute atomic E-state index is 0.0891. The van der Waals surface area contributed by atoms with Crippen molar-refractivity contribution in [2.24, 2.45) is 5.84 Å². The maximum Gasteiger partial charge on any atom is 0.141 e. The van der Waals surface area contributed by atoms with Gasteiger partial charge in [-0.2, -0.15) is 0 Å². The second-order valence-electron chi connectivity index (χ2n) is 4.67. The summed E-state index contributed by atoms with van der Waals surface area (Å²) in [4.78, 5) is 0. The van der Waals surface area contributed by atoms with Crippen LogP contribution in [0.5, 0.6) is 0 Å². The lowest BCUT2D eigenvalue weighted by Crippen LogP contribution is -2.30. The summed E-state index contributed by atoms with van der Waals surface area (Å²) in [5.41, 5.74) is 5.79. The van der Waals surface area contributed by atoms with Gasteiger partial charge in [-0.3, -0.25) is 11.3 Å². The lowest BCUT2D eigenvalue weighted by Gasteiger charge is -2.19. The molecular weight excluding hydrogens is 298 g/mol. The molecule has 1 atom stereocenters. The van der Waals surface area contributed by atoms with Crippen molar-refractivity contribution >= 4 is 23.2 Å². The summed E-state index contributed by atoms with van der Waals surface area (Å²) in [5, 5.41) is 0.804. The molecule has 0 saturated carbocycles. The molecule has 0 spiro atoms. The molecule has 0 saturated heterocycles. The Morgan fingerprint density at radius 3 is 2.55 bits per heavy atom. The first kappa shape index (κ1) is 15.3. The van der Waals surface area contributed by atoms with Crippen LogP contribution in [0.4, 0.5) is 4.39 Å². The van der Waals surface area contributed by atoms with E-state index in [1.807, 2.05) is 25.1 Å². The third kappa shape index (κ3) is 3.49. The molecule has 20 heavy (non-hydrogen) atoms. The smallest absolute Gasteiger partial charge is 0.141 e. The molecular formula is C15H15Cl2FN2. The van der Waals surface area contributed by atoms with E-state index in [4.69, 9.17) is 29.0 Å². The van der Waals surface area contributed by atoms with Gasteiger partial charge in [-0.1, -0.05) is 35.3 Å². The fourth-order valence-electron chi connectivity index (χ4n) is 2.19. The third-order valence-electron chi connectivity index (χ3n) is 3.23. The highest BCUT2D eigenvalue weighted by Crippen LogP contribution is 2.25. The first-order chi connectivity index (χ1) is 9.51. The van der Waals surface area contributed by atoms with Gasteiger partial charge in [0.1, 0.15) is 5.82 Å². The van der Waals surface area contributed by atoms with E-state index in [1.165, 1.54) is 6.07 Å². The Kier molecular flexibility index (Phi) is 5.00. The second-order valence-corrected chi connectivity index (χ2v) is 5.52. The summed E-state index contributed by atoms with van der Waals surface area (Å²) in [6, 6.07) is 10.2. The summed E-state index contributed by atoms with van der Waals surface area (Å²) < 4.78 is 13.2. The molecule has 2 aromatic rings. The van der Waals surface area contributed by atoms with E-state index in [0.29, 0.717) is 11.4 Å². The molecule has 0 aromatic heterocycles. The van der Waals surface area contributed by atoms with Crippen LogP contribution in [-0.4, -0.2) is 0 Å². The molecule has 2 nitrogen and oxygen atoms in total. The molecule has 2 rings (SSSR count). The quantitative estimate of drug-likeness (QED) is 0.656. The van der Waals surface area contributed by atoms with Crippen molar-refractivity contribution < 1.29 is 4.39 Å². The number of hydrogen-bond donors (Lipinski definition) is 2. The van der Waals surface area contributed by atoms with Crippen LogP contribution in [0.25, 0.3) is 0 Å². The summed E-state index contributed by atoms with van der Waals surface area (Å²) >= 11 is 11.7. The normalized spacial score (nSPS) is 12.4.